The number of methoxy groups -OCH3 is 2. The summed E-state index contributed by atoms with van der Waals surface area (Å²) in [4.78, 5) is 31.7. The van der Waals surface area contributed by atoms with E-state index in [-0.39, 0.29) is 17.6 Å². The first-order valence-corrected chi connectivity index (χ1v) is 10.2. The fraction of sp³-hybridized carbons (Fsp3) is 0.292. The number of fused-ring (bicyclic) bond motifs is 1. The Bertz CT molecular complexity index is 1120. The lowest BCUT2D eigenvalue weighted by Crippen LogP contribution is -2.39. The molecule has 2 N–H and O–H groups in total. The van der Waals surface area contributed by atoms with Crippen molar-refractivity contribution in [3.05, 3.63) is 59.8 Å². The average Bonchev–Trinajstić information content (AvgIpc) is 2.82. The van der Waals surface area contributed by atoms with Crippen molar-refractivity contribution < 1.29 is 19.1 Å². The molecule has 4 rings (SSSR count). The van der Waals surface area contributed by atoms with Gasteiger partial charge in [-0.05, 0) is 18.9 Å². The first-order valence-electron chi connectivity index (χ1n) is 10.2. The molecular formula is C24H25N3O4. The zero-order valence-electron chi connectivity index (χ0n) is 17.6. The Morgan fingerprint density at radius 2 is 1.68 bits per heavy atom. The van der Waals surface area contributed by atoms with Crippen molar-refractivity contribution in [1.29, 1.82) is 0 Å². The summed E-state index contributed by atoms with van der Waals surface area (Å²) in [7, 11) is 3.15. The second-order valence-corrected chi connectivity index (χ2v) is 7.60. The van der Waals surface area contributed by atoms with E-state index < -0.39 is 0 Å². The third-order valence-corrected chi connectivity index (χ3v) is 5.84. The molecule has 0 bridgehead atoms. The van der Waals surface area contributed by atoms with E-state index in [0.29, 0.717) is 54.1 Å². The Morgan fingerprint density at radius 3 is 2.29 bits per heavy atom. The molecule has 2 aromatic carbocycles. The number of nitrogens with zero attached hydrogens (tertiary/aromatic N) is 2. The second-order valence-electron chi connectivity index (χ2n) is 7.60. The first kappa shape index (κ1) is 20.7. The van der Waals surface area contributed by atoms with Crippen LogP contribution in [0.5, 0.6) is 11.5 Å². The Balaban J connectivity index is 1.87. The molecule has 1 aromatic heterocycles. The SMILES string of the molecule is COc1cc2ncc(C(=O)c3ccccc3)c(N3CCC(C(N)=O)CC3)c2cc1OC. The van der Waals surface area contributed by atoms with Crippen molar-refractivity contribution in [3.63, 3.8) is 0 Å². The number of nitrogens with two attached hydrogens (primary N) is 1. The predicted octanol–water partition coefficient (Wildman–Crippen LogP) is 3.18. The molecule has 0 saturated carbocycles. The number of rotatable bonds is 6. The molecular weight excluding hydrogens is 394 g/mol. The summed E-state index contributed by atoms with van der Waals surface area (Å²) < 4.78 is 10.9. The number of piperidine rings is 1. The zero-order valence-corrected chi connectivity index (χ0v) is 17.6. The lowest BCUT2D eigenvalue weighted by atomic mass is 9.93. The molecule has 0 atom stereocenters. The molecule has 1 fully saturated rings. The fourth-order valence-corrected chi connectivity index (χ4v) is 4.14. The zero-order chi connectivity index (χ0) is 22.0. The molecule has 3 aromatic rings. The maximum atomic E-state index is 13.4. The minimum Gasteiger partial charge on any atom is -0.493 e. The summed E-state index contributed by atoms with van der Waals surface area (Å²) >= 11 is 0. The highest BCUT2D eigenvalue weighted by molar-refractivity contribution is 6.16. The summed E-state index contributed by atoms with van der Waals surface area (Å²) in [5.41, 5.74) is 8.12. The summed E-state index contributed by atoms with van der Waals surface area (Å²) in [5, 5.41) is 0.803. The number of primary amides is 1. The van der Waals surface area contributed by atoms with Gasteiger partial charge in [-0.25, -0.2) is 0 Å². The van der Waals surface area contributed by atoms with Gasteiger partial charge in [0.2, 0.25) is 5.91 Å². The van der Waals surface area contributed by atoms with Crippen molar-refractivity contribution in [2.75, 3.05) is 32.2 Å². The molecule has 2 heterocycles. The van der Waals surface area contributed by atoms with Crippen LogP contribution in [0, 0.1) is 5.92 Å². The van der Waals surface area contributed by atoms with Gasteiger partial charge >= 0.3 is 0 Å². The topological polar surface area (TPSA) is 94.8 Å². The number of amides is 1. The van der Waals surface area contributed by atoms with Crippen molar-refractivity contribution in [3.8, 4) is 11.5 Å². The van der Waals surface area contributed by atoms with Gasteiger partial charge in [0.1, 0.15) is 0 Å². The van der Waals surface area contributed by atoms with Crippen LogP contribution >= 0.6 is 0 Å². The smallest absolute Gasteiger partial charge is 0.220 e. The minimum absolute atomic E-state index is 0.100. The number of anilines is 1. The molecule has 0 radical (unpaired) electrons. The van der Waals surface area contributed by atoms with Crippen LogP contribution in [0.1, 0.15) is 28.8 Å². The van der Waals surface area contributed by atoms with Gasteiger partial charge in [0.25, 0.3) is 0 Å². The average molecular weight is 419 g/mol. The second kappa shape index (κ2) is 8.63. The molecule has 1 saturated heterocycles. The van der Waals surface area contributed by atoms with Gasteiger partial charge in [-0.2, -0.15) is 0 Å². The number of ketones is 1. The van der Waals surface area contributed by atoms with Gasteiger partial charge in [0, 0.05) is 42.2 Å². The number of benzene rings is 2. The van der Waals surface area contributed by atoms with E-state index in [1.807, 2.05) is 30.3 Å². The molecule has 7 heteroatoms. The van der Waals surface area contributed by atoms with E-state index >= 15 is 0 Å². The highest BCUT2D eigenvalue weighted by Crippen LogP contribution is 2.39. The Kier molecular flexibility index (Phi) is 5.75. The maximum absolute atomic E-state index is 13.4. The quantitative estimate of drug-likeness (QED) is 0.617. The van der Waals surface area contributed by atoms with E-state index in [4.69, 9.17) is 15.2 Å². The van der Waals surface area contributed by atoms with Crippen LogP contribution in [-0.4, -0.2) is 44.0 Å². The van der Waals surface area contributed by atoms with Crippen molar-refractivity contribution in [1.82, 2.24) is 4.98 Å². The van der Waals surface area contributed by atoms with Crippen molar-refractivity contribution >= 4 is 28.3 Å². The lowest BCUT2D eigenvalue weighted by Gasteiger charge is -2.34. The number of carbonyl (C=O) groups excluding carboxylic acids is 2. The van der Waals surface area contributed by atoms with E-state index in [9.17, 15) is 9.59 Å². The van der Waals surface area contributed by atoms with E-state index in [1.54, 1.807) is 32.5 Å². The Labute approximate surface area is 180 Å². The van der Waals surface area contributed by atoms with Crippen LogP contribution in [0.25, 0.3) is 10.9 Å². The normalized spacial score (nSPS) is 14.5. The van der Waals surface area contributed by atoms with Crippen LogP contribution < -0.4 is 20.1 Å². The molecule has 0 aliphatic carbocycles. The summed E-state index contributed by atoms with van der Waals surface area (Å²) in [6, 6.07) is 12.8. The molecule has 1 amide bonds. The number of hydrogen-bond donors (Lipinski definition) is 1. The van der Waals surface area contributed by atoms with Crippen molar-refractivity contribution in [2.45, 2.75) is 12.8 Å². The first-order chi connectivity index (χ1) is 15.0. The van der Waals surface area contributed by atoms with Crippen molar-refractivity contribution in [2.24, 2.45) is 11.7 Å². The molecule has 0 unspecified atom stereocenters. The monoisotopic (exact) mass is 419 g/mol. The standard InChI is InChI=1S/C24H25N3O4/c1-30-20-12-17-19(13-21(20)31-2)26-14-18(23(28)15-6-4-3-5-7-15)22(17)27-10-8-16(9-11-27)24(25)29/h3-7,12-14,16H,8-11H2,1-2H3,(H2,25,29). The van der Waals surface area contributed by atoms with Crippen LogP contribution in [0.4, 0.5) is 5.69 Å². The van der Waals surface area contributed by atoms with Crippen LogP contribution in [0.2, 0.25) is 0 Å². The van der Waals surface area contributed by atoms with Gasteiger partial charge in [-0.3, -0.25) is 14.6 Å². The maximum Gasteiger partial charge on any atom is 0.220 e. The van der Waals surface area contributed by atoms with Gasteiger partial charge in [0.05, 0.1) is 31.0 Å². The minimum atomic E-state index is -0.272. The number of hydrogen-bond acceptors (Lipinski definition) is 6. The lowest BCUT2D eigenvalue weighted by molar-refractivity contribution is -0.122. The molecule has 1 aliphatic rings. The highest BCUT2D eigenvalue weighted by Gasteiger charge is 2.28. The fourth-order valence-electron chi connectivity index (χ4n) is 4.14. The number of carbonyl (C=O) groups is 2. The predicted molar refractivity (Wildman–Crippen MR) is 119 cm³/mol. The van der Waals surface area contributed by atoms with E-state index in [1.165, 1.54) is 0 Å². The van der Waals surface area contributed by atoms with Gasteiger partial charge < -0.3 is 20.1 Å². The highest BCUT2D eigenvalue weighted by atomic mass is 16.5. The van der Waals surface area contributed by atoms with Gasteiger partial charge in [0.15, 0.2) is 17.3 Å². The third kappa shape index (κ3) is 3.91. The van der Waals surface area contributed by atoms with E-state index in [0.717, 1.165) is 11.1 Å². The number of ether oxygens (including phenoxy) is 2. The van der Waals surface area contributed by atoms with Crippen LogP contribution in [0.15, 0.2) is 48.7 Å². The van der Waals surface area contributed by atoms with Crippen LogP contribution in [-0.2, 0) is 4.79 Å². The molecule has 31 heavy (non-hydrogen) atoms. The molecule has 0 spiro atoms. The summed E-state index contributed by atoms with van der Waals surface area (Å²) in [6.45, 7) is 1.24. The molecule has 7 nitrogen and oxygen atoms in total. The van der Waals surface area contributed by atoms with Crippen LogP contribution in [0.3, 0.4) is 0 Å². The summed E-state index contributed by atoms with van der Waals surface area (Å²) in [6.07, 6.45) is 2.91. The third-order valence-electron chi connectivity index (χ3n) is 5.84. The summed E-state index contributed by atoms with van der Waals surface area (Å²) in [5.74, 6) is 0.618. The van der Waals surface area contributed by atoms with Gasteiger partial charge in [-0.1, -0.05) is 30.3 Å². The molecule has 160 valence electrons. The number of pyridine rings is 1. The van der Waals surface area contributed by atoms with Gasteiger partial charge in [-0.15, -0.1) is 0 Å². The van der Waals surface area contributed by atoms with E-state index in [2.05, 4.69) is 9.88 Å². The number of aromatic nitrogens is 1. The Morgan fingerprint density at radius 1 is 1.03 bits per heavy atom. The molecule has 1 aliphatic heterocycles. The Hall–Kier alpha value is -3.61. The largest absolute Gasteiger partial charge is 0.493 e.